The highest BCUT2D eigenvalue weighted by Gasteiger charge is 2.19. The van der Waals surface area contributed by atoms with Gasteiger partial charge >= 0.3 is 0 Å². The average molecular weight is 277 g/mol. The van der Waals surface area contributed by atoms with E-state index in [4.69, 9.17) is 0 Å². The number of nitrogens with zero attached hydrogens (tertiary/aromatic N) is 2. The molecule has 0 saturated heterocycles. The van der Waals surface area contributed by atoms with E-state index in [2.05, 4.69) is 17.3 Å². The summed E-state index contributed by atoms with van der Waals surface area (Å²) in [4.78, 5) is 12.9. The molecule has 0 aromatic heterocycles. The summed E-state index contributed by atoms with van der Waals surface area (Å²) in [6, 6.07) is 5.36. The average Bonchev–Trinajstić information content (AvgIpc) is 2.34. The monoisotopic (exact) mass is 277 g/mol. The van der Waals surface area contributed by atoms with Crippen molar-refractivity contribution in [3.63, 3.8) is 0 Å². The highest BCUT2D eigenvalue weighted by atomic mass is 16.6. The Balaban J connectivity index is 2.03. The fourth-order valence-corrected chi connectivity index (χ4v) is 2.67. The molecule has 0 radical (unpaired) electrons. The van der Waals surface area contributed by atoms with Crippen molar-refractivity contribution < 1.29 is 4.92 Å². The molecule has 1 aromatic carbocycles. The number of rotatable bonds is 7. The molecule has 0 heterocycles. The second-order valence-corrected chi connectivity index (χ2v) is 5.63. The van der Waals surface area contributed by atoms with E-state index in [-0.39, 0.29) is 10.6 Å². The fraction of sp³-hybridized carbons (Fsp3) is 0.600. The lowest BCUT2D eigenvalue weighted by atomic mass is 9.85. The van der Waals surface area contributed by atoms with Crippen LogP contribution in [0.1, 0.15) is 31.7 Å². The lowest BCUT2D eigenvalue weighted by Gasteiger charge is -2.30. The van der Waals surface area contributed by atoms with Crippen molar-refractivity contribution in [2.24, 2.45) is 5.92 Å². The zero-order valence-electron chi connectivity index (χ0n) is 12.3. The summed E-state index contributed by atoms with van der Waals surface area (Å²) in [5.74, 6) is 0.839. The molecule has 110 valence electrons. The Morgan fingerprint density at radius 3 is 2.75 bits per heavy atom. The van der Waals surface area contributed by atoms with Crippen LogP contribution in [0, 0.1) is 16.0 Å². The van der Waals surface area contributed by atoms with E-state index in [0.717, 1.165) is 24.6 Å². The van der Waals surface area contributed by atoms with Gasteiger partial charge in [0.05, 0.1) is 4.92 Å². The first-order chi connectivity index (χ1) is 9.60. The molecule has 20 heavy (non-hydrogen) atoms. The molecular formula is C15H23N3O2. The Morgan fingerprint density at radius 2 is 2.20 bits per heavy atom. The molecule has 0 atom stereocenters. The highest BCUT2D eigenvalue weighted by molar-refractivity contribution is 5.62. The number of nitro benzene ring substituents is 1. The minimum absolute atomic E-state index is 0.150. The zero-order chi connectivity index (χ0) is 14.5. The van der Waals surface area contributed by atoms with Gasteiger partial charge in [-0.2, -0.15) is 0 Å². The first-order valence-corrected chi connectivity index (χ1v) is 7.30. The van der Waals surface area contributed by atoms with Gasteiger partial charge in [0.15, 0.2) is 0 Å². The maximum atomic E-state index is 11.0. The topological polar surface area (TPSA) is 58.4 Å². The Kier molecular flexibility index (Phi) is 4.95. The molecule has 1 aliphatic carbocycles. The van der Waals surface area contributed by atoms with E-state index in [1.807, 2.05) is 19.1 Å². The highest BCUT2D eigenvalue weighted by Crippen LogP contribution is 2.28. The molecule has 0 bridgehead atoms. The van der Waals surface area contributed by atoms with Gasteiger partial charge < -0.3 is 10.2 Å². The summed E-state index contributed by atoms with van der Waals surface area (Å²) in [5, 5.41) is 14.1. The molecule has 1 saturated carbocycles. The van der Waals surface area contributed by atoms with Crippen molar-refractivity contribution in [3.05, 3.63) is 33.9 Å². The van der Waals surface area contributed by atoms with E-state index in [9.17, 15) is 10.1 Å². The predicted octanol–water partition coefficient (Wildman–Crippen LogP) is 3.26. The van der Waals surface area contributed by atoms with Gasteiger partial charge in [-0.1, -0.05) is 12.5 Å². The van der Waals surface area contributed by atoms with Gasteiger partial charge in [-0.3, -0.25) is 10.1 Å². The van der Waals surface area contributed by atoms with E-state index in [0.29, 0.717) is 12.2 Å². The van der Waals surface area contributed by atoms with Crippen LogP contribution in [0.5, 0.6) is 0 Å². The van der Waals surface area contributed by atoms with Crippen LogP contribution in [-0.2, 0) is 6.54 Å². The van der Waals surface area contributed by atoms with Crippen LogP contribution < -0.4 is 5.32 Å². The van der Waals surface area contributed by atoms with Crippen LogP contribution in [0.3, 0.4) is 0 Å². The lowest BCUT2D eigenvalue weighted by Crippen LogP contribution is -2.29. The molecule has 1 aliphatic rings. The predicted molar refractivity (Wildman–Crippen MR) is 80.9 cm³/mol. The van der Waals surface area contributed by atoms with E-state index >= 15 is 0 Å². The summed E-state index contributed by atoms with van der Waals surface area (Å²) in [5.41, 5.74) is 1.89. The molecule has 0 unspecified atom stereocenters. The van der Waals surface area contributed by atoms with Crippen LogP contribution in [0.4, 0.5) is 11.4 Å². The van der Waals surface area contributed by atoms with Gasteiger partial charge in [0.2, 0.25) is 0 Å². The normalized spacial score (nSPS) is 15.2. The van der Waals surface area contributed by atoms with Crippen LogP contribution >= 0.6 is 0 Å². The second-order valence-electron chi connectivity index (χ2n) is 5.63. The Bertz CT molecular complexity index is 472. The van der Waals surface area contributed by atoms with Gasteiger partial charge in [-0.05, 0) is 44.4 Å². The van der Waals surface area contributed by atoms with Crippen LogP contribution in [0.15, 0.2) is 18.2 Å². The number of nitrogens with one attached hydrogen (secondary N) is 1. The third kappa shape index (κ3) is 3.70. The number of anilines is 1. The lowest BCUT2D eigenvalue weighted by molar-refractivity contribution is -0.384. The first kappa shape index (κ1) is 14.8. The SMILES string of the molecule is CCNc1cc(CN(C)CC2CCC2)ccc1[N+](=O)[O-]. The van der Waals surface area contributed by atoms with Crippen molar-refractivity contribution in [3.8, 4) is 0 Å². The number of hydrogen-bond acceptors (Lipinski definition) is 4. The standard InChI is InChI=1S/C15H23N3O2/c1-3-16-14-9-13(7-8-15(14)18(19)20)11-17(2)10-12-5-4-6-12/h7-9,12,16H,3-6,10-11H2,1-2H3. The van der Waals surface area contributed by atoms with Crippen molar-refractivity contribution in [1.29, 1.82) is 0 Å². The zero-order valence-corrected chi connectivity index (χ0v) is 12.3. The Labute approximate surface area is 120 Å². The third-order valence-electron chi connectivity index (χ3n) is 3.87. The van der Waals surface area contributed by atoms with E-state index in [1.165, 1.54) is 19.3 Å². The molecule has 0 amide bonds. The van der Waals surface area contributed by atoms with Gasteiger partial charge in [0, 0.05) is 25.7 Å². The van der Waals surface area contributed by atoms with Crippen molar-refractivity contribution in [2.75, 3.05) is 25.5 Å². The smallest absolute Gasteiger partial charge is 0.292 e. The molecule has 0 aliphatic heterocycles. The first-order valence-electron chi connectivity index (χ1n) is 7.30. The number of benzene rings is 1. The van der Waals surface area contributed by atoms with Gasteiger partial charge in [0.25, 0.3) is 5.69 Å². The molecule has 1 fully saturated rings. The van der Waals surface area contributed by atoms with Crippen molar-refractivity contribution in [1.82, 2.24) is 4.90 Å². The summed E-state index contributed by atoms with van der Waals surface area (Å²) >= 11 is 0. The van der Waals surface area contributed by atoms with Crippen molar-refractivity contribution in [2.45, 2.75) is 32.7 Å². The summed E-state index contributed by atoms with van der Waals surface area (Å²) < 4.78 is 0. The summed E-state index contributed by atoms with van der Waals surface area (Å²) in [6.45, 7) is 4.59. The molecule has 5 heteroatoms. The van der Waals surface area contributed by atoms with Crippen LogP contribution in [0.25, 0.3) is 0 Å². The van der Waals surface area contributed by atoms with E-state index in [1.54, 1.807) is 6.07 Å². The maximum Gasteiger partial charge on any atom is 0.292 e. The fourth-order valence-electron chi connectivity index (χ4n) is 2.67. The molecular weight excluding hydrogens is 254 g/mol. The van der Waals surface area contributed by atoms with Crippen LogP contribution in [-0.4, -0.2) is 30.0 Å². The quantitative estimate of drug-likeness (QED) is 0.614. The molecule has 1 N–H and O–H groups in total. The van der Waals surface area contributed by atoms with Crippen LogP contribution in [0.2, 0.25) is 0 Å². The second kappa shape index (κ2) is 6.70. The minimum atomic E-state index is -0.333. The maximum absolute atomic E-state index is 11.0. The largest absolute Gasteiger partial charge is 0.380 e. The third-order valence-corrected chi connectivity index (χ3v) is 3.87. The molecule has 2 rings (SSSR count). The van der Waals surface area contributed by atoms with Gasteiger partial charge in [0.1, 0.15) is 5.69 Å². The van der Waals surface area contributed by atoms with Gasteiger partial charge in [-0.25, -0.2) is 0 Å². The number of nitro groups is 1. The summed E-state index contributed by atoms with van der Waals surface area (Å²) in [6.07, 6.45) is 4.04. The summed E-state index contributed by atoms with van der Waals surface area (Å²) in [7, 11) is 2.12. The Morgan fingerprint density at radius 1 is 1.45 bits per heavy atom. The van der Waals surface area contributed by atoms with Gasteiger partial charge in [-0.15, -0.1) is 0 Å². The van der Waals surface area contributed by atoms with Crippen molar-refractivity contribution >= 4 is 11.4 Å². The molecule has 0 spiro atoms. The molecule has 1 aromatic rings. The van der Waals surface area contributed by atoms with E-state index < -0.39 is 0 Å². The molecule has 5 nitrogen and oxygen atoms in total. The Hall–Kier alpha value is -1.62. The minimum Gasteiger partial charge on any atom is -0.380 e. The number of hydrogen-bond donors (Lipinski definition) is 1.